The Bertz CT molecular complexity index is 636. The van der Waals surface area contributed by atoms with Gasteiger partial charge in [-0.2, -0.15) is 0 Å². The average Bonchev–Trinajstić information content (AvgIpc) is 2.52. The van der Waals surface area contributed by atoms with E-state index < -0.39 is 0 Å². The highest BCUT2D eigenvalue weighted by atomic mass is 35.5. The first-order chi connectivity index (χ1) is 10.5. The van der Waals surface area contributed by atoms with Gasteiger partial charge in [0, 0.05) is 17.8 Å². The van der Waals surface area contributed by atoms with Crippen LogP contribution in [0, 0.1) is 13.8 Å². The highest BCUT2D eigenvalue weighted by Gasteiger charge is 2.10. The summed E-state index contributed by atoms with van der Waals surface area (Å²) in [4.78, 5) is 13.6. The third-order valence-electron chi connectivity index (χ3n) is 3.32. The van der Waals surface area contributed by atoms with Crippen molar-refractivity contribution < 1.29 is 9.53 Å². The number of nitrogens with zero attached hydrogens (tertiary/aromatic N) is 1. The van der Waals surface area contributed by atoms with E-state index in [4.69, 9.17) is 16.3 Å². The molecule has 0 radical (unpaired) electrons. The third-order valence-corrected chi connectivity index (χ3v) is 3.92. The molecule has 0 aliphatic carbocycles. The molecule has 0 aromatic heterocycles. The summed E-state index contributed by atoms with van der Waals surface area (Å²) in [6.45, 7) is 3.93. The molecule has 4 nitrogen and oxygen atoms in total. The predicted octanol–water partition coefficient (Wildman–Crippen LogP) is 4.14. The molecule has 0 bridgehead atoms. The highest BCUT2D eigenvalue weighted by molar-refractivity contribution is 6.32. The number of carbonyl (C=O) groups excluding carboxylic acids is 1. The Kier molecular flexibility index (Phi) is 5.28. The standard InChI is InChI=1S/C17H19ClN2O2/c1-12-9-15(10-13(2)16(12)18)22-11-19-17(21)20(3)14-7-5-4-6-8-14/h4-10H,11H2,1-3H3,(H,19,21). The number of hydrogen-bond donors (Lipinski definition) is 1. The SMILES string of the molecule is Cc1cc(OCNC(=O)N(C)c2ccccc2)cc(C)c1Cl. The van der Waals surface area contributed by atoms with Crippen LogP contribution in [-0.4, -0.2) is 19.8 Å². The number of aryl methyl sites for hydroxylation is 2. The van der Waals surface area contributed by atoms with Crippen LogP contribution < -0.4 is 15.0 Å². The Labute approximate surface area is 135 Å². The minimum absolute atomic E-state index is 0.0938. The number of urea groups is 1. The summed E-state index contributed by atoms with van der Waals surface area (Å²) in [5.74, 6) is 0.682. The lowest BCUT2D eigenvalue weighted by molar-refractivity contribution is 0.230. The second-order valence-corrected chi connectivity index (χ2v) is 5.41. The Balaban J connectivity index is 1.90. The number of halogens is 1. The summed E-state index contributed by atoms with van der Waals surface area (Å²) in [6.07, 6.45) is 0. The van der Waals surface area contributed by atoms with Gasteiger partial charge in [0.15, 0.2) is 6.73 Å². The van der Waals surface area contributed by atoms with Crippen molar-refractivity contribution in [2.45, 2.75) is 13.8 Å². The molecule has 22 heavy (non-hydrogen) atoms. The van der Waals surface area contributed by atoms with Crippen LogP contribution in [0.1, 0.15) is 11.1 Å². The Morgan fingerprint density at radius 2 is 1.77 bits per heavy atom. The molecule has 2 aromatic carbocycles. The van der Waals surface area contributed by atoms with Crippen LogP contribution in [0.5, 0.6) is 5.75 Å². The van der Waals surface area contributed by atoms with Crippen molar-refractivity contribution in [2.75, 3.05) is 18.7 Å². The summed E-state index contributed by atoms with van der Waals surface area (Å²) in [6, 6.07) is 12.9. The van der Waals surface area contributed by atoms with Gasteiger partial charge < -0.3 is 10.1 Å². The Morgan fingerprint density at radius 3 is 2.36 bits per heavy atom. The second-order valence-electron chi connectivity index (χ2n) is 5.04. The van der Waals surface area contributed by atoms with E-state index in [0.717, 1.165) is 21.8 Å². The molecule has 0 fully saturated rings. The fourth-order valence-electron chi connectivity index (χ4n) is 2.06. The molecule has 0 unspecified atom stereocenters. The lowest BCUT2D eigenvalue weighted by atomic mass is 10.1. The lowest BCUT2D eigenvalue weighted by Gasteiger charge is -2.18. The van der Waals surface area contributed by atoms with Gasteiger partial charge in [0.25, 0.3) is 0 Å². The molecule has 2 aromatic rings. The van der Waals surface area contributed by atoms with Crippen molar-refractivity contribution in [3.63, 3.8) is 0 Å². The number of benzene rings is 2. The highest BCUT2D eigenvalue weighted by Crippen LogP contribution is 2.25. The first-order valence-electron chi connectivity index (χ1n) is 6.95. The molecule has 0 saturated heterocycles. The predicted molar refractivity (Wildman–Crippen MR) is 89.8 cm³/mol. The van der Waals surface area contributed by atoms with Crippen LogP contribution in [0.4, 0.5) is 10.5 Å². The minimum atomic E-state index is -0.228. The largest absolute Gasteiger partial charge is 0.473 e. The van der Waals surface area contributed by atoms with E-state index in [-0.39, 0.29) is 12.8 Å². The lowest BCUT2D eigenvalue weighted by Crippen LogP contribution is -2.39. The number of para-hydroxylation sites is 1. The number of ether oxygens (including phenoxy) is 1. The van der Waals surface area contributed by atoms with Crippen molar-refractivity contribution in [1.82, 2.24) is 5.32 Å². The normalized spacial score (nSPS) is 10.2. The summed E-state index contributed by atoms with van der Waals surface area (Å²) >= 11 is 6.11. The van der Waals surface area contributed by atoms with Crippen LogP contribution in [0.25, 0.3) is 0 Å². The quantitative estimate of drug-likeness (QED) is 0.861. The zero-order valence-electron chi connectivity index (χ0n) is 12.9. The smallest absolute Gasteiger partial charge is 0.324 e. The molecule has 0 aliphatic rings. The number of anilines is 1. The van der Waals surface area contributed by atoms with Gasteiger partial charge in [0.1, 0.15) is 5.75 Å². The Hall–Kier alpha value is -2.20. The van der Waals surface area contributed by atoms with E-state index in [9.17, 15) is 4.79 Å². The number of hydrogen-bond acceptors (Lipinski definition) is 2. The van der Waals surface area contributed by atoms with Gasteiger partial charge in [-0.15, -0.1) is 0 Å². The number of amides is 2. The summed E-state index contributed by atoms with van der Waals surface area (Å²) < 4.78 is 5.56. The first-order valence-corrected chi connectivity index (χ1v) is 7.33. The molecule has 2 amide bonds. The van der Waals surface area contributed by atoms with Crippen LogP contribution in [0.3, 0.4) is 0 Å². The molecular weight excluding hydrogens is 300 g/mol. The second kappa shape index (κ2) is 7.18. The van der Waals surface area contributed by atoms with Crippen LogP contribution in [0.15, 0.2) is 42.5 Å². The average molecular weight is 319 g/mol. The van der Waals surface area contributed by atoms with Gasteiger partial charge in [0.05, 0.1) is 0 Å². The maximum Gasteiger partial charge on any atom is 0.324 e. The zero-order chi connectivity index (χ0) is 16.1. The molecule has 0 saturated carbocycles. The van der Waals surface area contributed by atoms with E-state index in [1.165, 1.54) is 4.90 Å². The third kappa shape index (κ3) is 3.92. The summed E-state index contributed by atoms with van der Waals surface area (Å²) in [5.41, 5.74) is 2.71. The zero-order valence-corrected chi connectivity index (χ0v) is 13.6. The molecule has 0 atom stereocenters. The molecule has 5 heteroatoms. The van der Waals surface area contributed by atoms with Crippen LogP contribution >= 0.6 is 11.6 Å². The fourth-order valence-corrected chi connectivity index (χ4v) is 2.17. The summed E-state index contributed by atoms with van der Waals surface area (Å²) in [7, 11) is 1.71. The number of carbonyl (C=O) groups is 1. The number of rotatable bonds is 4. The van der Waals surface area contributed by atoms with Gasteiger partial charge >= 0.3 is 6.03 Å². The fraction of sp³-hybridized carbons (Fsp3) is 0.235. The van der Waals surface area contributed by atoms with Crippen LogP contribution in [-0.2, 0) is 0 Å². The molecular formula is C17H19ClN2O2. The molecule has 116 valence electrons. The van der Waals surface area contributed by atoms with Crippen molar-refractivity contribution >= 4 is 23.3 Å². The van der Waals surface area contributed by atoms with E-state index in [1.807, 2.05) is 56.3 Å². The molecule has 0 aliphatic heterocycles. The van der Waals surface area contributed by atoms with E-state index >= 15 is 0 Å². The molecule has 0 spiro atoms. The van der Waals surface area contributed by atoms with E-state index in [2.05, 4.69) is 5.32 Å². The Morgan fingerprint density at radius 1 is 1.18 bits per heavy atom. The van der Waals surface area contributed by atoms with Gasteiger partial charge in [-0.1, -0.05) is 29.8 Å². The maximum atomic E-state index is 12.0. The van der Waals surface area contributed by atoms with Crippen LogP contribution in [0.2, 0.25) is 5.02 Å². The number of nitrogens with one attached hydrogen (secondary N) is 1. The van der Waals surface area contributed by atoms with Gasteiger partial charge in [-0.05, 0) is 49.2 Å². The van der Waals surface area contributed by atoms with Gasteiger partial charge in [-0.3, -0.25) is 4.90 Å². The summed E-state index contributed by atoms with van der Waals surface area (Å²) in [5, 5.41) is 3.45. The van der Waals surface area contributed by atoms with Gasteiger partial charge in [-0.25, -0.2) is 4.79 Å². The maximum absolute atomic E-state index is 12.0. The van der Waals surface area contributed by atoms with Crippen molar-refractivity contribution in [3.05, 3.63) is 58.6 Å². The molecule has 0 heterocycles. The van der Waals surface area contributed by atoms with E-state index in [0.29, 0.717) is 5.75 Å². The van der Waals surface area contributed by atoms with E-state index in [1.54, 1.807) is 7.05 Å². The van der Waals surface area contributed by atoms with Crippen molar-refractivity contribution in [3.8, 4) is 5.75 Å². The topological polar surface area (TPSA) is 41.6 Å². The molecule has 1 N–H and O–H groups in total. The van der Waals surface area contributed by atoms with Crippen molar-refractivity contribution in [2.24, 2.45) is 0 Å². The molecule has 2 rings (SSSR count). The first kappa shape index (κ1) is 16.2. The minimum Gasteiger partial charge on any atom is -0.473 e. The van der Waals surface area contributed by atoms with Gasteiger partial charge in [0.2, 0.25) is 0 Å². The monoisotopic (exact) mass is 318 g/mol. The van der Waals surface area contributed by atoms with Crippen molar-refractivity contribution in [1.29, 1.82) is 0 Å².